The number of carbonyl (C=O) groups is 1. The molecule has 1 unspecified atom stereocenters. The zero-order valence-electron chi connectivity index (χ0n) is 16.1. The molecule has 0 saturated heterocycles. The lowest BCUT2D eigenvalue weighted by Crippen LogP contribution is -2.42. The molecule has 0 fully saturated rings. The maximum atomic E-state index is 12.5. The minimum absolute atomic E-state index is 0.104. The fourth-order valence-corrected chi connectivity index (χ4v) is 3.07. The Labute approximate surface area is 149 Å². The van der Waals surface area contributed by atoms with E-state index < -0.39 is 17.0 Å². The molecule has 0 radical (unpaired) electrons. The number of benzene rings is 1. The molecule has 24 heavy (non-hydrogen) atoms. The molecular formula is C19H31NO3S. The number of nitrogens with one attached hydrogen (secondary N) is 1. The summed E-state index contributed by atoms with van der Waals surface area (Å²) >= 11 is -1.19. The Morgan fingerprint density at radius 2 is 1.75 bits per heavy atom. The lowest BCUT2D eigenvalue weighted by Gasteiger charge is -2.30. The molecule has 1 aromatic rings. The Kier molecular flexibility index (Phi) is 6.91. The fraction of sp³-hybridized carbons (Fsp3) is 0.632. The summed E-state index contributed by atoms with van der Waals surface area (Å²) in [5, 5.41) is 0. The first-order valence-electron chi connectivity index (χ1n) is 8.32. The van der Waals surface area contributed by atoms with Crippen LogP contribution in [0.3, 0.4) is 0 Å². The first kappa shape index (κ1) is 21.0. The van der Waals surface area contributed by atoms with Crippen LogP contribution in [0.15, 0.2) is 24.3 Å². The topological polar surface area (TPSA) is 61.4 Å². The van der Waals surface area contributed by atoms with E-state index in [4.69, 9.17) is 4.74 Å². The first-order chi connectivity index (χ1) is 10.8. The van der Waals surface area contributed by atoms with E-state index in [1.165, 1.54) is 0 Å². The maximum absolute atomic E-state index is 12.5. The van der Waals surface area contributed by atoms with Crippen LogP contribution >= 0.6 is 0 Å². The monoisotopic (exact) mass is 353 g/mol. The minimum Gasteiger partial charge on any atom is -0.598 e. The van der Waals surface area contributed by atoms with E-state index in [0.717, 1.165) is 5.56 Å². The van der Waals surface area contributed by atoms with Crippen LogP contribution in [0.25, 0.3) is 0 Å². The molecule has 0 heterocycles. The van der Waals surface area contributed by atoms with Crippen LogP contribution in [0.1, 0.15) is 77.4 Å². The molecule has 1 aromatic carbocycles. The molecule has 0 aliphatic carbocycles. The van der Waals surface area contributed by atoms with E-state index >= 15 is 0 Å². The molecule has 0 aliphatic heterocycles. The van der Waals surface area contributed by atoms with Crippen molar-refractivity contribution >= 4 is 17.3 Å². The molecule has 0 aliphatic rings. The Morgan fingerprint density at radius 3 is 2.21 bits per heavy atom. The molecule has 0 spiro atoms. The van der Waals surface area contributed by atoms with E-state index in [1.54, 1.807) is 6.07 Å². The van der Waals surface area contributed by atoms with E-state index in [9.17, 15) is 9.35 Å². The normalized spacial score (nSPS) is 15.2. The van der Waals surface area contributed by atoms with Gasteiger partial charge in [-0.2, -0.15) is 0 Å². The number of ether oxygens (including phenoxy) is 1. The lowest BCUT2D eigenvalue weighted by atomic mass is 9.95. The van der Waals surface area contributed by atoms with Crippen molar-refractivity contribution in [3.8, 4) is 0 Å². The summed E-state index contributed by atoms with van der Waals surface area (Å²) in [6.45, 7) is 15.5. The van der Waals surface area contributed by atoms with Crippen molar-refractivity contribution in [2.45, 2.75) is 71.8 Å². The highest BCUT2D eigenvalue weighted by Gasteiger charge is 2.31. The first-order valence-corrected chi connectivity index (χ1v) is 9.47. The summed E-state index contributed by atoms with van der Waals surface area (Å²) < 4.78 is 20.8. The highest BCUT2D eigenvalue weighted by molar-refractivity contribution is 7.90. The third-order valence-corrected chi connectivity index (χ3v) is 4.92. The van der Waals surface area contributed by atoms with Crippen LogP contribution < -0.4 is 4.72 Å². The zero-order chi connectivity index (χ0) is 18.7. The summed E-state index contributed by atoms with van der Waals surface area (Å²) in [6, 6.07) is 7.26. The molecule has 4 nitrogen and oxygen atoms in total. The number of hydrogen-bond donors (Lipinski definition) is 1. The second-order valence-electron chi connectivity index (χ2n) is 8.35. The van der Waals surface area contributed by atoms with Gasteiger partial charge in [0.15, 0.2) is 0 Å². The third kappa shape index (κ3) is 6.46. The zero-order valence-corrected chi connectivity index (χ0v) is 16.9. The van der Waals surface area contributed by atoms with Gasteiger partial charge in [0.05, 0.1) is 11.6 Å². The van der Waals surface area contributed by atoms with Crippen molar-refractivity contribution in [3.05, 3.63) is 35.4 Å². The quantitative estimate of drug-likeness (QED) is 0.630. The van der Waals surface area contributed by atoms with Crippen LogP contribution in [0, 0.1) is 5.92 Å². The molecule has 136 valence electrons. The van der Waals surface area contributed by atoms with Gasteiger partial charge in [-0.15, -0.1) is 4.72 Å². The van der Waals surface area contributed by atoms with Crippen LogP contribution in [-0.4, -0.2) is 20.9 Å². The molecule has 0 aromatic heterocycles. The maximum Gasteiger partial charge on any atom is 0.338 e. The van der Waals surface area contributed by atoms with E-state index in [2.05, 4.69) is 18.6 Å². The summed E-state index contributed by atoms with van der Waals surface area (Å²) in [7, 11) is 0. The highest BCUT2D eigenvalue weighted by atomic mass is 32.2. The molecule has 5 heteroatoms. The van der Waals surface area contributed by atoms with Crippen LogP contribution in [0.2, 0.25) is 0 Å². The van der Waals surface area contributed by atoms with Crippen molar-refractivity contribution in [3.63, 3.8) is 0 Å². The number of rotatable bonds is 5. The largest absolute Gasteiger partial charge is 0.598 e. The SMILES string of the molecule is CC(C)[C@@H](N[S+]([O-])C(C)(C)C)c1cccc(C(=O)OC(C)(C)C)c1. The van der Waals surface area contributed by atoms with E-state index in [0.29, 0.717) is 5.56 Å². The second kappa shape index (κ2) is 7.89. The third-order valence-electron chi connectivity index (χ3n) is 3.34. The molecule has 0 bridgehead atoms. The summed E-state index contributed by atoms with van der Waals surface area (Å²) in [5.74, 6) is -0.117. The van der Waals surface area contributed by atoms with Gasteiger partial charge in [0, 0.05) is 11.4 Å². The van der Waals surface area contributed by atoms with Gasteiger partial charge in [-0.05, 0) is 65.2 Å². The summed E-state index contributed by atoms with van der Waals surface area (Å²) in [6.07, 6.45) is 0. The van der Waals surface area contributed by atoms with Crippen molar-refractivity contribution in [1.82, 2.24) is 4.72 Å². The Bertz CT molecular complexity index is 558. The van der Waals surface area contributed by atoms with Crippen molar-refractivity contribution in [2.24, 2.45) is 5.92 Å². The summed E-state index contributed by atoms with van der Waals surface area (Å²) in [5.41, 5.74) is 0.915. The van der Waals surface area contributed by atoms with Gasteiger partial charge in [0.1, 0.15) is 10.3 Å². The average Bonchev–Trinajstić information content (AvgIpc) is 2.41. The van der Waals surface area contributed by atoms with E-state index in [-0.39, 0.29) is 22.7 Å². The van der Waals surface area contributed by atoms with E-state index in [1.807, 2.05) is 59.7 Å². The predicted octanol–water partition coefficient (Wildman–Crippen LogP) is 4.39. The second-order valence-corrected chi connectivity index (χ2v) is 10.3. The standard InChI is InChI=1S/C19H31NO3S/c1-13(2)16(20-24(22)19(6,7)8)14-10-9-11-15(12-14)17(21)23-18(3,4)5/h9-13,16,20H,1-8H3/t16-,24?/m1/s1. The molecule has 1 rings (SSSR count). The molecule has 1 N–H and O–H groups in total. The van der Waals surface area contributed by atoms with Gasteiger partial charge >= 0.3 is 5.97 Å². The van der Waals surface area contributed by atoms with Gasteiger partial charge in [-0.1, -0.05) is 26.0 Å². The van der Waals surface area contributed by atoms with Gasteiger partial charge in [-0.25, -0.2) is 4.79 Å². The Balaban J connectivity index is 3.05. The van der Waals surface area contributed by atoms with Crippen LogP contribution in [0.4, 0.5) is 0 Å². The van der Waals surface area contributed by atoms with Crippen molar-refractivity contribution in [2.75, 3.05) is 0 Å². The lowest BCUT2D eigenvalue weighted by molar-refractivity contribution is 0.00693. The van der Waals surface area contributed by atoms with Crippen LogP contribution in [0.5, 0.6) is 0 Å². The van der Waals surface area contributed by atoms with Gasteiger partial charge < -0.3 is 9.29 Å². The van der Waals surface area contributed by atoms with Gasteiger partial charge in [0.25, 0.3) is 0 Å². The fourth-order valence-electron chi connectivity index (χ4n) is 2.08. The number of hydrogen-bond acceptors (Lipinski definition) is 4. The van der Waals surface area contributed by atoms with Crippen molar-refractivity contribution < 1.29 is 14.1 Å². The van der Waals surface area contributed by atoms with Gasteiger partial charge in [-0.3, -0.25) is 0 Å². The Hall–Kier alpha value is -1.04. The van der Waals surface area contributed by atoms with Crippen LogP contribution in [-0.2, 0) is 16.1 Å². The smallest absolute Gasteiger partial charge is 0.338 e. The summed E-state index contributed by atoms with van der Waals surface area (Å²) in [4.78, 5) is 12.3. The number of carbonyl (C=O) groups excluding carboxylic acids is 1. The van der Waals surface area contributed by atoms with Gasteiger partial charge in [0.2, 0.25) is 0 Å². The average molecular weight is 354 g/mol. The highest BCUT2D eigenvalue weighted by Crippen LogP contribution is 2.27. The van der Waals surface area contributed by atoms with Crippen molar-refractivity contribution in [1.29, 1.82) is 0 Å². The molecule has 0 amide bonds. The molecular weight excluding hydrogens is 322 g/mol. The number of esters is 1. The Morgan fingerprint density at radius 1 is 1.17 bits per heavy atom. The molecule has 2 atom stereocenters. The molecule has 0 saturated carbocycles. The predicted molar refractivity (Wildman–Crippen MR) is 100 cm³/mol. The minimum atomic E-state index is -1.19.